The highest BCUT2D eigenvalue weighted by Crippen LogP contribution is 2.31. The van der Waals surface area contributed by atoms with Gasteiger partial charge in [0, 0.05) is 6.07 Å². The van der Waals surface area contributed by atoms with Crippen molar-refractivity contribution >= 4 is 17.6 Å². The molecule has 0 amide bonds. The summed E-state index contributed by atoms with van der Waals surface area (Å²) in [6.07, 6.45) is 1.24. The molecule has 0 aliphatic carbocycles. The monoisotopic (exact) mass is 293 g/mol. The number of pyridine rings is 1. The highest BCUT2D eigenvalue weighted by atomic mass is 35.5. The number of carbonyl (C=O) groups is 1. The lowest BCUT2D eigenvalue weighted by Gasteiger charge is -2.11. The predicted molar refractivity (Wildman–Crippen MR) is 73.9 cm³/mol. The smallest absolute Gasteiger partial charge is 0.337 e. The van der Waals surface area contributed by atoms with E-state index in [0.717, 1.165) is 0 Å². The third kappa shape index (κ3) is 3.19. The fraction of sp³-hybridized carbons (Fsp3) is 0.143. The first-order valence-electron chi connectivity index (χ1n) is 5.90. The van der Waals surface area contributed by atoms with Crippen LogP contribution in [0.15, 0.2) is 36.5 Å². The first-order chi connectivity index (χ1) is 9.61. The van der Waals surface area contributed by atoms with Crippen molar-refractivity contribution in [2.45, 2.75) is 6.92 Å². The van der Waals surface area contributed by atoms with Crippen molar-refractivity contribution in [1.29, 1.82) is 0 Å². The van der Waals surface area contributed by atoms with Gasteiger partial charge in [0.25, 0.3) is 0 Å². The summed E-state index contributed by atoms with van der Waals surface area (Å²) < 4.78 is 11.0. The minimum Gasteiger partial charge on any atom is -0.490 e. The lowest BCUT2D eigenvalue weighted by molar-refractivity contribution is 0.0696. The summed E-state index contributed by atoms with van der Waals surface area (Å²) in [5.41, 5.74) is -0.0643. The standard InChI is InChI=1S/C14H12ClNO4/c1-2-19-11-5-3-4-6-12(11)20-13-7-9(14(17)18)10(15)8-16-13/h3-8H,2H2,1H3,(H,17,18). The summed E-state index contributed by atoms with van der Waals surface area (Å²) in [5, 5.41) is 9.06. The largest absolute Gasteiger partial charge is 0.490 e. The maximum absolute atomic E-state index is 11.0. The van der Waals surface area contributed by atoms with Crippen LogP contribution in [-0.2, 0) is 0 Å². The van der Waals surface area contributed by atoms with Gasteiger partial charge in [-0.15, -0.1) is 0 Å². The summed E-state index contributed by atoms with van der Waals surface area (Å²) in [4.78, 5) is 14.9. The van der Waals surface area contributed by atoms with Crippen LogP contribution in [0.5, 0.6) is 17.4 Å². The number of para-hydroxylation sites is 2. The molecule has 0 aliphatic rings. The molecular weight excluding hydrogens is 282 g/mol. The Bertz CT molecular complexity index is 630. The molecule has 104 valence electrons. The molecule has 0 aliphatic heterocycles. The minimum atomic E-state index is -1.14. The number of rotatable bonds is 5. The number of aromatic carboxylic acids is 1. The van der Waals surface area contributed by atoms with Gasteiger partial charge in [0.15, 0.2) is 11.5 Å². The molecule has 1 aromatic carbocycles. The SMILES string of the molecule is CCOc1ccccc1Oc1cc(C(=O)O)c(Cl)cn1. The van der Waals surface area contributed by atoms with Gasteiger partial charge in [0.05, 0.1) is 23.4 Å². The van der Waals surface area contributed by atoms with Gasteiger partial charge in [-0.3, -0.25) is 0 Å². The van der Waals surface area contributed by atoms with Gasteiger partial charge in [-0.1, -0.05) is 23.7 Å². The molecule has 5 nitrogen and oxygen atoms in total. The van der Waals surface area contributed by atoms with E-state index in [1.54, 1.807) is 18.2 Å². The highest BCUT2D eigenvalue weighted by Gasteiger charge is 2.13. The lowest BCUT2D eigenvalue weighted by atomic mass is 10.2. The molecule has 2 rings (SSSR count). The first-order valence-corrected chi connectivity index (χ1v) is 6.28. The van der Waals surface area contributed by atoms with Crippen LogP contribution in [0.2, 0.25) is 5.02 Å². The van der Waals surface area contributed by atoms with Crippen LogP contribution >= 0.6 is 11.6 Å². The van der Waals surface area contributed by atoms with Crippen LogP contribution < -0.4 is 9.47 Å². The Balaban J connectivity index is 2.31. The van der Waals surface area contributed by atoms with E-state index in [1.807, 2.05) is 13.0 Å². The number of carboxylic acids is 1. The van der Waals surface area contributed by atoms with Crippen LogP contribution in [0, 0.1) is 0 Å². The van der Waals surface area contributed by atoms with Crippen LogP contribution in [0.4, 0.5) is 0 Å². The van der Waals surface area contributed by atoms with E-state index in [1.165, 1.54) is 12.3 Å². The van der Waals surface area contributed by atoms with Gasteiger partial charge in [0.2, 0.25) is 5.88 Å². The summed E-state index contributed by atoms with van der Waals surface area (Å²) in [7, 11) is 0. The predicted octanol–water partition coefficient (Wildman–Crippen LogP) is 3.62. The van der Waals surface area contributed by atoms with E-state index in [9.17, 15) is 4.79 Å². The van der Waals surface area contributed by atoms with Gasteiger partial charge in [-0.05, 0) is 19.1 Å². The summed E-state index contributed by atoms with van der Waals surface area (Å²) in [6.45, 7) is 2.36. The molecule has 6 heteroatoms. The first kappa shape index (κ1) is 14.1. The number of halogens is 1. The number of benzene rings is 1. The van der Waals surface area contributed by atoms with E-state index in [2.05, 4.69) is 4.98 Å². The Morgan fingerprint density at radius 2 is 2.05 bits per heavy atom. The summed E-state index contributed by atoms with van der Waals surface area (Å²) in [6, 6.07) is 8.34. The molecule has 0 atom stereocenters. The second-order valence-corrected chi connectivity index (χ2v) is 4.20. The molecule has 0 fully saturated rings. The quantitative estimate of drug-likeness (QED) is 0.911. The Morgan fingerprint density at radius 3 is 2.70 bits per heavy atom. The number of hydrogen-bond donors (Lipinski definition) is 1. The van der Waals surface area contributed by atoms with Gasteiger partial charge < -0.3 is 14.6 Å². The maximum Gasteiger partial charge on any atom is 0.337 e. The van der Waals surface area contributed by atoms with Gasteiger partial charge in [0.1, 0.15) is 0 Å². The molecule has 1 heterocycles. The molecule has 0 radical (unpaired) electrons. The van der Waals surface area contributed by atoms with E-state index in [-0.39, 0.29) is 16.5 Å². The van der Waals surface area contributed by atoms with E-state index >= 15 is 0 Å². The molecule has 0 saturated heterocycles. The summed E-state index contributed by atoms with van der Waals surface area (Å²) in [5.74, 6) is 0.0171. The van der Waals surface area contributed by atoms with Crippen molar-refractivity contribution in [2.24, 2.45) is 0 Å². The van der Waals surface area contributed by atoms with Crippen LogP contribution in [0.1, 0.15) is 17.3 Å². The molecule has 20 heavy (non-hydrogen) atoms. The van der Waals surface area contributed by atoms with E-state index in [0.29, 0.717) is 18.1 Å². The third-order valence-corrected chi connectivity index (χ3v) is 2.73. The normalized spacial score (nSPS) is 10.1. The van der Waals surface area contributed by atoms with Gasteiger partial charge in [-0.25, -0.2) is 9.78 Å². The number of aromatic nitrogens is 1. The van der Waals surface area contributed by atoms with E-state index < -0.39 is 5.97 Å². The number of nitrogens with zero attached hydrogens (tertiary/aromatic N) is 1. The zero-order chi connectivity index (χ0) is 14.5. The minimum absolute atomic E-state index is 0.0583. The molecule has 1 aromatic heterocycles. The molecule has 1 N–H and O–H groups in total. The zero-order valence-electron chi connectivity index (χ0n) is 10.7. The molecule has 0 bridgehead atoms. The fourth-order valence-electron chi connectivity index (χ4n) is 1.56. The zero-order valence-corrected chi connectivity index (χ0v) is 11.4. The highest BCUT2D eigenvalue weighted by molar-refractivity contribution is 6.33. The maximum atomic E-state index is 11.0. The van der Waals surface area contributed by atoms with Crippen molar-refractivity contribution in [3.63, 3.8) is 0 Å². The Hall–Kier alpha value is -2.27. The molecule has 0 saturated carbocycles. The van der Waals surface area contributed by atoms with Gasteiger partial charge >= 0.3 is 5.97 Å². The molecule has 0 unspecified atom stereocenters. The van der Waals surface area contributed by atoms with Crippen molar-refractivity contribution < 1.29 is 19.4 Å². The van der Waals surface area contributed by atoms with E-state index in [4.69, 9.17) is 26.2 Å². The van der Waals surface area contributed by atoms with Crippen molar-refractivity contribution in [1.82, 2.24) is 4.98 Å². The van der Waals surface area contributed by atoms with Crippen LogP contribution in [-0.4, -0.2) is 22.7 Å². The molecular formula is C14H12ClNO4. The Morgan fingerprint density at radius 1 is 1.35 bits per heavy atom. The van der Waals surface area contributed by atoms with Crippen LogP contribution in [0.3, 0.4) is 0 Å². The average Bonchev–Trinajstić information content (AvgIpc) is 2.43. The van der Waals surface area contributed by atoms with Crippen LogP contribution in [0.25, 0.3) is 0 Å². The second kappa shape index (κ2) is 6.25. The van der Waals surface area contributed by atoms with Gasteiger partial charge in [-0.2, -0.15) is 0 Å². The molecule has 0 spiro atoms. The lowest BCUT2D eigenvalue weighted by Crippen LogP contribution is -2.00. The Labute approximate surface area is 120 Å². The molecule has 2 aromatic rings. The number of carboxylic acid groups (broad SMARTS) is 1. The summed E-state index contributed by atoms with van der Waals surface area (Å²) >= 11 is 5.75. The Kier molecular flexibility index (Phi) is 4.42. The fourth-order valence-corrected chi connectivity index (χ4v) is 1.75. The van der Waals surface area contributed by atoms with Crippen molar-refractivity contribution in [3.8, 4) is 17.4 Å². The third-order valence-electron chi connectivity index (χ3n) is 2.42. The number of hydrogen-bond acceptors (Lipinski definition) is 4. The second-order valence-electron chi connectivity index (χ2n) is 3.79. The number of ether oxygens (including phenoxy) is 2. The topological polar surface area (TPSA) is 68.7 Å². The van der Waals surface area contributed by atoms with Crippen molar-refractivity contribution in [2.75, 3.05) is 6.61 Å². The average molecular weight is 294 g/mol. The van der Waals surface area contributed by atoms with Crippen molar-refractivity contribution in [3.05, 3.63) is 47.1 Å².